The molecule has 3 atom stereocenters. The van der Waals surface area contributed by atoms with E-state index in [1.807, 2.05) is 0 Å². The van der Waals surface area contributed by atoms with E-state index in [2.05, 4.69) is 0 Å². The lowest BCUT2D eigenvalue weighted by Crippen LogP contribution is -2.73. The molecule has 3 unspecified atom stereocenters. The van der Waals surface area contributed by atoms with Crippen LogP contribution in [0, 0.1) is 5.92 Å². The number of alkyl halides is 3. The summed E-state index contributed by atoms with van der Waals surface area (Å²) in [5.41, 5.74) is -3.75. The fourth-order valence-corrected chi connectivity index (χ4v) is 4.28. The summed E-state index contributed by atoms with van der Waals surface area (Å²) in [6.07, 6.45) is -5.33. The molecular formula is C20H17Cl2F3N2O3. The quantitative estimate of drug-likeness (QED) is 0.670. The number of carbonyl (C=O) groups is 2. The van der Waals surface area contributed by atoms with E-state index in [0.717, 1.165) is 11.9 Å². The maximum absolute atomic E-state index is 14.2. The van der Waals surface area contributed by atoms with Crippen molar-refractivity contribution in [2.24, 2.45) is 5.92 Å². The zero-order valence-corrected chi connectivity index (χ0v) is 17.3. The Morgan fingerprint density at radius 1 is 1.10 bits per heavy atom. The number of Topliss-reactive ketones (excluding diaryl/α,β-unsaturated/α-hetero) is 1. The summed E-state index contributed by atoms with van der Waals surface area (Å²) in [6.45, 7) is 0. The van der Waals surface area contributed by atoms with E-state index in [9.17, 15) is 27.9 Å². The Bertz CT molecular complexity index is 987. The van der Waals surface area contributed by atoms with Crippen molar-refractivity contribution in [1.82, 2.24) is 9.80 Å². The van der Waals surface area contributed by atoms with E-state index in [1.54, 1.807) is 6.07 Å². The van der Waals surface area contributed by atoms with Gasteiger partial charge in [-0.2, -0.15) is 13.2 Å². The number of amides is 2. The van der Waals surface area contributed by atoms with Gasteiger partial charge in [-0.25, -0.2) is 4.79 Å². The molecule has 1 N–H and O–H groups in total. The topological polar surface area (TPSA) is 60.9 Å². The van der Waals surface area contributed by atoms with Gasteiger partial charge in [0, 0.05) is 29.7 Å². The Kier molecular flexibility index (Phi) is 5.79. The first-order chi connectivity index (χ1) is 13.9. The monoisotopic (exact) mass is 460 g/mol. The average Bonchev–Trinajstić information content (AvgIpc) is 2.69. The van der Waals surface area contributed by atoms with Crippen molar-refractivity contribution in [3.8, 4) is 0 Å². The summed E-state index contributed by atoms with van der Waals surface area (Å²) in [6, 6.07) is 8.67. The molecule has 1 aliphatic rings. The summed E-state index contributed by atoms with van der Waals surface area (Å²) in [5.74, 6) is -3.11. The molecule has 2 aromatic rings. The summed E-state index contributed by atoms with van der Waals surface area (Å²) in [4.78, 5) is 27.1. The van der Waals surface area contributed by atoms with Crippen LogP contribution in [-0.4, -0.2) is 52.7 Å². The van der Waals surface area contributed by atoms with Gasteiger partial charge in [-0.3, -0.25) is 9.69 Å². The summed E-state index contributed by atoms with van der Waals surface area (Å²) >= 11 is 12.1. The first-order valence-electron chi connectivity index (χ1n) is 8.75. The minimum absolute atomic E-state index is 0.0351. The third-order valence-corrected chi connectivity index (χ3v) is 5.87. The number of hydrogen-bond acceptors (Lipinski definition) is 3. The average molecular weight is 461 g/mol. The lowest BCUT2D eigenvalue weighted by atomic mass is 9.75. The molecule has 0 aromatic heterocycles. The SMILES string of the molecule is CN1C(=O)N(C)C(O)(C(F)(F)F)C(C(=O)c2ccccc2)C1c1ccc(Cl)cc1Cl. The highest BCUT2D eigenvalue weighted by atomic mass is 35.5. The third kappa shape index (κ3) is 3.42. The number of urea groups is 1. The summed E-state index contributed by atoms with van der Waals surface area (Å²) in [5, 5.41) is 11.1. The van der Waals surface area contributed by atoms with E-state index in [4.69, 9.17) is 23.2 Å². The number of rotatable bonds is 3. The molecule has 1 fully saturated rings. The molecule has 2 amide bonds. The number of aliphatic hydroxyl groups is 1. The van der Waals surface area contributed by atoms with Gasteiger partial charge < -0.3 is 10.0 Å². The Hall–Kier alpha value is -2.29. The van der Waals surface area contributed by atoms with Gasteiger partial charge in [-0.1, -0.05) is 59.6 Å². The van der Waals surface area contributed by atoms with Crippen LogP contribution in [0.1, 0.15) is 22.0 Å². The number of benzene rings is 2. The van der Waals surface area contributed by atoms with E-state index in [-0.39, 0.29) is 26.1 Å². The highest BCUT2D eigenvalue weighted by Crippen LogP contribution is 2.51. The van der Waals surface area contributed by atoms with Gasteiger partial charge in [0.1, 0.15) is 5.92 Å². The smallest absolute Gasteiger partial charge is 0.363 e. The Balaban J connectivity index is 2.30. The molecule has 2 aromatic carbocycles. The molecule has 0 radical (unpaired) electrons. The van der Waals surface area contributed by atoms with Crippen LogP contribution in [0.25, 0.3) is 0 Å². The van der Waals surface area contributed by atoms with Gasteiger partial charge in [0.2, 0.25) is 0 Å². The second-order valence-electron chi connectivity index (χ2n) is 7.00. The minimum Gasteiger partial charge on any atom is -0.363 e. The minimum atomic E-state index is -5.33. The molecule has 1 heterocycles. The molecule has 0 aliphatic carbocycles. The second kappa shape index (κ2) is 7.76. The largest absolute Gasteiger partial charge is 0.437 e. The zero-order chi connectivity index (χ0) is 22.4. The molecule has 0 saturated carbocycles. The van der Waals surface area contributed by atoms with E-state index in [0.29, 0.717) is 0 Å². The van der Waals surface area contributed by atoms with Crippen LogP contribution in [0.5, 0.6) is 0 Å². The highest BCUT2D eigenvalue weighted by Gasteiger charge is 2.70. The van der Waals surface area contributed by atoms with Crippen molar-refractivity contribution in [3.63, 3.8) is 0 Å². The Labute approximate surface area is 180 Å². The normalized spacial score (nSPS) is 24.9. The number of carbonyl (C=O) groups excluding carboxylic acids is 2. The first kappa shape index (κ1) is 22.4. The Morgan fingerprint density at radius 2 is 1.70 bits per heavy atom. The molecule has 30 heavy (non-hydrogen) atoms. The standard InChI is InChI=1S/C20H17Cl2F3N2O3/c1-26-16(13-9-8-12(21)10-14(13)22)15(17(28)11-6-4-3-5-7-11)19(30,20(23,24)25)27(2)18(26)29/h3-10,15-16,30H,1-2H3. The maximum Gasteiger partial charge on any atom is 0.437 e. The summed E-state index contributed by atoms with van der Waals surface area (Å²) in [7, 11) is 2.05. The molecular weight excluding hydrogens is 444 g/mol. The van der Waals surface area contributed by atoms with E-state index in [1.165, 1.54) is 49.5 Å². The van der Waals surface area contributed by atoms with Crippen LogP contribution in [0.4, 0.5) is 18.0 Å². The van der Waals surface area contributed by atoms with Crippen LogP contribution < -0.4 is 0 Å². The van der Waals surface area contributed by atoms with Crippen LogP contribution in [0.2, 0.25) is 10.0 Å². The molecule has 5 nitrogen and oxygen atoms in total. The van der Waals surface area contributed by atoms with Crippen LogP contribution in [0.15, 0.2) is 48.5 Å². The van der Waals surface area contributed by atoms with E-state index < -0.39 is 35.7 Å². The summed E-state index contributed by atoms with van der Waals surface area (Å²) < 4.78 is 42.6. The second-order valence-corrected chi connectivity index (χ2v) is 7.84. The van der Waals surface area contributed by atoms with Crippen molar-refractivity contribution in [2.75, 3.05) is 14.1 Å². The first-order valence-corrected chi connectivity index (χ1v) is 9.50. The van der Waals surface area contributed by atoms with Crippen molar-refractivity contribution >= 4 is 35.0 Å². The number of ketones is 1. The lowest BCUT2D eigenvalue weighted by Gasteiger charge is -2.53. The van der Waals surface area contributed by atoms with Gasteiger partial charge in [0.05, 0.1) is 6.04 Å². The number of halogens is 5. The van der Waals surface area contributed by atoms with Gasteiger partial charge in [0.25, 0.3) is 5.72 Å². The molecule has 0 bridgehead atoms. The van der Waals surface area contributed by atoms with Crippen molar-refractivity contribution in [2.45, 2.75) is 17.9 Å². The highest BCUT2D eigenvalue weighted by molar-refractivity contribution is 6.35. The molecule has 1 saturated heterocycles. The van der Waals surface area contributed by atoms with Crippen molar-refractivity contribution in [3.05, 3.63) is 69.7 Å². The third-order valence-electron chi connectivity index (χ3n) is 5.31. The van der Waals surface area contributed by atoms with Gasteiger partial charge in [-0.05, 0) is 17.7 Å². The van der Waals surface area contributed by atoms with Crippen molar-refractivity contribution in [1.29, 1.82) is 0 Å². The molecule has 160 valence electrons. The fourth-order valence-electron chi connectivity index (χ4n) is 3.76. The fraction of sp³-hybridized carbons (Fsp3) is 0.300. The van der Waals surface area contributed by atoms with E-state index >= 15 is 0 Å². The predicted octanol–water partition coefficient (Wildman–Crippen LogP) is 4.78. The number of hydrogen-bond donors (Lipinski definition) is 1. The molecule has 3 rings (SSSR count). The predicted molar refractivity (Wildman–Crippen MR) is 105 cm³/mol. The lowest BCUT2D eigenvalue weighted by molar-refractivity contribution is -0.328. The van der Waals surface area contributed by atoms with Gasteiger partial charge >= 0.3 is 12.2 Å². The zero-order valence-electron chi connectivity index (χ0n) is 15.8. The van der Waals surface area contributed by atoms with Gasteiger partial charge in [-0.15, -0.1) is 0 Å². The van der Waals surface area contributed by atoms with Gasteiger partial charge in [0.15, 0.2) is 5.78 Å². The molecule has 10 heteroatoms. The molecule has 0 spiro atoms. The van der Waals surface area contributed by atoms with Crippen molar-refractivity contribution < 1.29 is 27.9 Å². The molecule has 1 aliphatic heterocycles. The van der Waals surface area contributed by atoms with Crippen LogP contribution >= 0.6 is 23.2 Å². The number of nitrogens with zero attached hydrogens (tertiary/aromatic N) is 2. The Morgan fingerprint density at radius 3 is 2.23 bits per heavy atom. The van der Waals surface area contributed by atoms with Crippen LogP contribution in [-0.2, 0) is 0 Å². The van der Waals surface area contributed by atoms with Crippen LogP contribution in [0.3, 0.4) is 0 Å². The maximum atomic E-state index is 14.2.